The monoisotopic (exact) mass is 291 g/mol. The molecule has 0 aliphatic rings. The largest absolute Gasteiger partial charge is 0.494 e. The van der Waals surface area contributed by atoms with Gasteiger partial charge in [0, 0.05) is 6.04 Å². The molecule has 1 atom stereocenters. The predicted molar refractivity (Wildman–Crippen MR) is 79.3 cm³/mol. The van der Waals surface area contributed by atoms with Crippen molar-refractivity contribution in [1.29, 1.82) is 0 Å². The van der Waals surface area contributed by atoms with Crippen molar-refractivity contribution in [2.45, 2.75) is 25.8 Å². The summed E-state index contributed by atoms with van der Waals surface area (Å²) in [5, 5.41) is 0. The molecule has 2 N–H and O–H groups in total. The zero-order valence-corrected chi connectivity index (χ0v) is 12.0. The molecule has 0 aliphatic heterocycles. The first-order chi connectivity index (χ1) is 10.1. The molecule has 0 saturated carbocycles. The number of hydrogen-bond acceptors (Lipinski definition) is 2. The Morgan fingerprint density at radius 3 is 2.67 bits per heavy atom. The molecule has 0 spiro atoms. The molecule has 2 aromatic rings. The van der Waals surface area contributed by atoms with Gasteiger partial charge in [-0.15, -0.1) is 0 Å². The van der Waals surface area contributed by atoms with Crippen LogP contribution < -0.4 is 10.5 Å². The van der Waals surface area contributed by atoms with E-state index >= 15 is 0 Å². The van der Waals surface area contributed by atoms with Crippen LogP contribution in [0.3, 0.4) is 0 Å². The van der Waals surface area contributed by atoms with Gasteiger partial charge >= 0.3 is 0 Å². The highest BCUT2D eigenvalue weighted by molar-refractivity contribution is 5.27. The first-order valence-corrected chi connectivity index (χ1v) is 6.94. The van der Waals surface area contributed by atoms with Gasteiger partial charge in [-0.25, -0.2) is 8.78 Å². The Labute approximate surface area is 123 Å². The summed E-state index contributed by atoms with van der Waals surface area (Å²) in [6.45, 7) is 2.44. The van der Waals surface area contributed by atoms with Gasteiger partial charge in [0.05, 0.1) is 6.61 Å². The Morgan fingerprint density at radius 1 is 1.14 bits per heavy atom. The minimum atomic E-state index is -0.837. The predicted octanol–water partition coefficient (Wildman–Crippen LogP) is 3.61. The molecule has 0 aliphatic carbocycles. The summed E-state index contributed by atoms with van der Waals surface area (Å²) in [5.41, 5.74) is 7.38. The molecule has 0 bridgehead atoms. The van der Waals surface area contributed by atoms with Crippen LogP contribution in [0.5, 0.6) is 5.75 Å². The maximum absolute atomic E-state index is 13.5. The Morgan fingerprint density at radius 2 is 1.90 bits per heavy atom. The molecule has 0 radical (unpaired) electrons. The van der Waals surface area contributed by atoms with Crippen LogP contribution in [0.1, 0.15) is 17.5 Å². The topological polar surface area (TPSA) is 35.2 Å². The quantitative estimate of drug-likeness (QED) is 0.882. The van der Waals surface area contributed by atoms with Crippen LogP contribution >= 0.6 is 0 Å². The standard InChI is InChI=1S/C17H19F2NO/c1-12-4-2-6-15(10-12)21-9-8-14(20)11-13-5-3-7-16(18)17(13)19/h2-7,10,14H,8-9,11,20H2,1H3. The third-order valence-corrected chi connectivity index (χ3v) is 3.26. The van der Waals surface area contributed by atoms with E-state index in [1.54, 1.807) is 6.07 Å². The fourth-order valence-electron chi connectivity index (χ4n) is 2.12. The normalized spacial score (nSPS) is 12.2. The van der Waals surface area contributed by atoms with Crippen molar-refractivity contribution in [3.8, 4) is 5.75 Å². The van der Waals surface area contributed by atoms with E-state index in [1.807, 2.05) is 31.2 Å². The van der Waals surface area contributed by atoms with E-state index < -0.39 is 11.6 Å². The van der Waals surface area contributed by atoms with Gasteiger partial charge in [0.1, 0.15) is 5.75 Å². The number of nitrogens with two attached hydrogens (primary N) is 1. The second-order valence-corrected chi connectivity index (χ2v) is 5.13. The Kier molecular flexibility index (Phi) is 5.28. The number of hydrogen-bond donors (Lipinski definition) is 1. The highest BCUT2D eigenvalue weighted by atomic mass is 19.2. The smallest absolute Gasteiger partial charge is 0.162 e. The minimum absolute atomic E-state index is 0.272. The maximum Gasteiger partial charge on any atom is 0.162 e. The van der Waals surface area contributed by atoms with Gasteiger partial charge in [0.2, 0.25) is 0 Å². The van der Waals surface area contributed by atoms with Crippen molar-refractivity contribution >= 4 is 0 Å². The molecular weight excluding hydrogens is 272 g/mol. The van der Waals surface area contributed by atoms with Crippen LogP contribution in [0.2, 0.25) is 0 Å². The minimum Gasteiger partial charge on any atom is -0.494 e. The molecule has 2 aromatic carbocycles. The Bertz CT molecular complexity index is 601. The summed E-state index contributed by atoms with van der Waals surface area (Å²) < 4.78 is 32.2. The summed E-state index contributed by atoms with van der Waals surface area (Å²) in [6, 6.07) is 11.6. The lowest BCUT2D eigenvalue weighted by atomic mass is 10.0. The van der Waals surface area contributed by atoms with E-state index in [0.717, 1.165) is 17.4 Å². The van der Waals surface area contributed by atoms with Crippen LogP contribution in [-0.2, 0) is 6.42 Å². The molecule has 0 heterocycles. The third-order valence-electron chi connectivity index (χ3n) is 3.26. The van der Waals surface area contributed by atoms with E-state index in [1.165, 1.54) is 6.07 Å². The first kappa shape index (κ1) is 15.4. The fraction of sp³-hybridized carbons (Fsp3) is 0.294. The summed E-state index contributed by atoms with van der Waals surface area (Å²) in [4.78, 5) is 0. The maximum atomic E-state index is 13.5. The average Bonchev–Trinajstić information content (AvgIpc) is 2.44. The van der Waals surface area contributed by atoms with Gasteiger partial charge in [0.25, 0.3) is 0 Å². The lowest BCUT2D eigenvalue weighted by Gasteiger charge is -2.13. The summed E-state index contributed by atoms with van der Waals surface area (Å²) >= 11 is 0. The van der Waals surface area contributed by atoms with Gasteiger partial charge in [-0.3, -0.25) is 0 Å². The number of benzene rings is 2. The molecule has 2 rings (SSSR count). The zero-order valence-electron chi connectivity index (χ0n) is 12.0. The Hall–Kier alpha value is -1.94. The van der Waals surface area contributed by atoms with Gasteiger partial charge in [0.15, 0.2) is 11.6 Å². The van der Waals surface area contributed by atoms with Crippen molar-refractivity contribution < 1.29 is 13.5 Å². The van der Waals surface area contributed by atoms with Crippen molar-refractivity contribution in [1.82, 2.24) is 0 Å². The number of rotatable bonds is 6. The van der Waals surface area contributed by atoms with E-state index in [0.29, 0.717) is 25.0 Å². The second-order valence-electron chi connectivity index (χ2n) is 5.13. The summed E-state index contributed by atoms with van der Waals surface area (Å²) in [5.74, 6) is -0.859. The molecule has 0 aromatic heterocycles. The van der Waals surface area contributed by atoms with Crippen LogP contribution in [0.25, 0.3) is 0 Å². The average molecular weight is 291 g/mol. The van der Waals surface area contributed by atoms with Crippen molar-refractivity contribution in [2.24, 2.45) is 5.73 Å². The molecule has 112 valence electrons. The van der Waals surface area contributed by atoms with Crippen LogP contribution in [0.4, 0.5) is 8.78 Å². The van der Waals surface area contributed by atoms with E-state index in [4.69, 9.17) is 10.5 Å². The highest BCUT2D eigenvalue weighted by Crippen LogP contribution is 2.15. The van der Waals surface area contributed by atoms with Crippen LogP contribution in [0.15, 0.2) is 42.5 Å². The second kappa shape index (κ2) is 7.18. The molecule has 4 heteroatoms. The van der Waals surface area contributed by atoms with Gasteiger partial charge in [-0.1, -0.05) is 24.3 Å². The van der Waals surface area contributed by atoms with Crippen molar-refractivity contribution in [2.75, 3.05) is 6.61 Å². The summed E-state index contributed by atoms with van der Waals surface area (Å²) in [6.07, 6.45) is 0.866. The number of ether oxygens (including phenoxy) is 1. The zero-order chi connectivity index (χ0) is 15.2. The molecule has 0 fully saturated rings. The summed E-state index contributed by atoms with van der Waals surface area (Å²) in [7, 11) is 0. The highest BCUT2D eigenvalue weighted by Gasteiger charge is 2.11. The van der Waals surface area contributed by atoms with Crippen LogP contribution in [0, 0.1) is 18.6 Å². The molecule has 2 nitrogen and oxygen atoms in total. The van der Waals surface area contributed by atoms with Gasteiger partial charge in [-0.2, -0.15) is 0 Å². The molecule has 0 saturated heterocycles. The lowest BCUT2D eigenvalue weighted by molar-refractivity contribution is 0.296. The first-order valence-electron chi connectivity index (χ1n) is 6.94. The molecular formula is C17H19F2NO. The van der Waals surface area contributed by atoms with Crippen molar-refractivity contribution in [3.05, 3.63) is 65.2 Å². The number of halogens is 2. The van der Waals surface area contributed by atoms with E-state index in [2.05, 4.69) is 0 Å². The van der Waals surface area contributed by atoms with Gasteiger partial charge in [-0.05, 0) is 49.1 Å². The van der Waals surface area contributed by atoms with E-state index in [9.17, 15) is 8.78 Å². The molecule has 21 heavy (non-hydrogen) atoms. The molecule has 1 unspecified atom stereocenters. The Balaban J connectivity index is 1.82. The van der Waals surface area contributed by atoms with Gasteiger partial charge < -0.3 is 10.5 Å². The van der Waals surface area contributed by atoms with Crippen molar-refractivity contribution in [3.63, 3.8) is 0 Å². The lowest BCUT2D eigenvalue weighted by Crippen LogP contribution is -2.26. The fourth-order valence-corrected chi connectivity index (χ4v) is 2.12. The third kappa shape index (κ3) is 4.53. The SMILES string of the molecule is Cc1cccc(OCCC(N)Cc2cccc(F)c2F)c1. The van der Waals surface area contributed by atoms with E-state index in [-0.39, 0.29) is 6.04 Å². The number of aryl methyl sites for hydroxylation is 1. The van der Waals surface area contributed by atoms with Crippen LogP contribution in [-0.4, -0.2) is 12.6 Å². The molecule has 0 amide bonds.